The summed E-state index contributed by atoms with van der Waals surface area (Å²) < 4.78 is 4.96. The van der Waals surface area contributed by atoms with Crippen LogP contribution in [0, 0.1) is 10.1 Å². The van der Waals surface area contributed by atoms with Crippen molar-refractivity contribution in [3.63, 3.8) is 0 Å². The van der Waals surface area contributed by atoms with E-state index in [9.17, 15) is 15.2 Å². The molecule has 6 nitrogen and oxygen atoms in total. The van der Waals surface area contributed by atoms with Crippen LogP contribution in [0.15, 0.2) is 42.5 Å². The van der Waals surface area contributed by atoms with E-state index in [0.29, 0.717) is 18.1 Å². The lowest BCUT2D eigenvalue weighted by molar-refractivity contribution is -0.385. The number of nitrogens with zero attached hydrogens (tertiary/aromatic N) is 1. The van der Waals surface area contributed by atoms with Crippen LogP contribution >= 0.6 is 11.6 Å². The number of hydrogen-bond donors (Lipinski definition) is 2. The number of rotatable bonds is 7. The normalized spacial score (nSPS) is 12.0. The maximum atomic E-state index is 11.0. The van der Waals surface area contributed by atoms with Gasteiger partial charge in [0.25, 0.3) is 0 Å². The van der Waals surface area contributed by atoms with Gasteiger partial charge in [0.05, 0.1) is 18.1 Å². The van der Waals surface area contributed by atoms with Gasteiger partial charge < -0.3 is 15.2 Å². The van der Waals surface area contributed by atoms with Crippen LogP contribution in [0.2, 0.25) is 5.02 Å². The van der Waals surface area contributed by atoms with Crippen LogP contribution in [-0.2, 0) is 6.54 Å². The molecule has 2 aromatic rings. The van der Waals surface area contributed by atoms with Gasteiger partial charge in [0, 0.05) is 24.2 Å². The molecule has 122 valence electrons. The Hall–Kier alpha value is -2.15. The van der Waals surface area contributed by atoms with Crippen LogP contribution in [0.1, 0.15) is 17.2 Å². The minimum atomic E-state index is -0.680. The molecule has 0 aliphatic heterocycles. The number of aliphatic hydroxyl groups excluding tert-OH is 1. The number of halogens is 1. The van der Waals surface area contributed by atoms with E-state index in [2.05, 4.69) is 5.32 Å². The second-order valence-electron chi connectivity index (χ2n) is 4.96. The van der Waals surface area contributed by atoms with Gasteiger partial charge in [0.2, 0.25) is 0 Å². The number of benzene rings is 2. The van der Waals surface area contributed by atoms with Crippen molar-refractivity contribution in [1.29, 1.82) is 0 Å². The first-order valence-corrected chi connectivity index (χ1v) is 7.34. The number of hydrogen-bond acceptors (Lipinski definition) is 5. The number of aliphatic hydroxyl groups is 1. The molecule has 0 aromatic heterocycles. The summed E-state index contributed by atoms with van der Waals surface area (Å²) >= 11 is 5.80. The molecule has 2 N–H and O–H groups in total. The number of methoxy groups -OCH3 is 1. The van der Waals surface area contributed by atoms with Crippen molar-refractivity contribution in [3.05, 3.63) is 68.7 Å². The second kappa shape index (κ2) is 7.92. The highest BCUT2D eigenvalue weighted by atomic mass is 35.5. The van der Waals surface area contributed by atoms with E-state index in [0.717, 1.165) is 11.1 Å². The summed E-state index contributed by atoms with van der Waals surface area (Å²) in [5.74, 6) is 0.222. The highest BCUT2D eigenvalue weighted by Crippen LogP contribution is 2.27. The molecule has 0 saturated heterocycles. The fourth-order valence-electron chi connectivity index (χ4n) is 2.14. The van der Waals surface area contributed by atoms with Gasteiger partial charge in [0.1, 0.15) is 0 Å². The van der Waals surface area contributed by atoms with Gasteiger partial charge in [-0.15, -0.1) is 0 Å². The lowest BCUT2D eigenvalue weighted by Gasteiger charge is -2.12. The van der Waals surface area contributed by atoms with E-state index < -0.39 is 11.0 Å². The predicted octanol–water partition coefficient (Wildman–Crippen LogP) is 3.08. The Labute approximate surface area is 138 Å². The minimum absolute atomic E-state index is 0.0787. The van der Waals surface area contributed by atoms with Crippen LogP contribution < -0.4 is 10.1 Å². The molecule has 0 aliphatic carbocycles. The average Bonchev–Trinajstić information content (AvgIpc) is 2.55. The van der Waals surface area contributed by atoms with Crippen molar-refractivity contribution in [2.24, 2.45) is 0 Å². The van der Waals surface area contributed by atoms with E-state index in [-0.39, 0.29) is 11.4 Å². The molecular formula is C16H17ClN2O4. The Morgan fingerprint density at radius 2 is 2.00 bits per heavy atom. The van der Waals surface area contributed by atoms with Crippen molar-refractivity contribution in [1.82, 2.24) is 5.32 Å². The van der Waals surface area contributed by atoms with E-state index >= 15 is 0 Å². The lowest BCUT2D eigenvalue weighted by atomic mass is 10.1. The quantitative estimate of drug-likeness (QED) is 0.599. The third kappa shape index (κ3) is 4.66. The zero-order chi connectivity index (χ0) is 16.8. The zero-order valence-corrected chi connectivity index (χ0v) is 13.3. The molecule has 0 fully saturated rings. The maximum Gasteiger partial charge on any atom is 0.311 e. The van der Waals surface area contributed by atoms with Gasteiger partial charge in [-0.1, -0.05) is 29.8 Å². The van der Waals surface area contributed by atoms with Gasteiger partial charge in [-0.3, -0.25) is 10.1 Å². The molecule has 0 radical (unpaired) electrons. The van der Waals surface area contributed by atoms with Gasteiger partial charge >= 0.3 is 5.69 Å². The third-order valence-electron chi connectivity index (χ3n) is 3.36. The molecule has 0 bridgehead atoms. The summed E-state index contributed by atoms with van der Waals surface area (Å²) in [5.41, 5.74) is 1.41. The number of nitrogens with one attached hydrogen (secondary N) is 1. The first-order valence-electron chi connectivity index (χ1n) is 6.97. The van der Waals surface area contributed by atoms with Crippen molar-refractivity contribution in [2.45, 2.75) is 12.6 Å². The predicted molar refractivity (Wildman–Crippen MR) is 87.8 cm³/mol. The average molecular weight is 337 g/mol. The first kappa shape index (κ1) is 17.2. The number of nitro benzene ring substituents is 1. The largest absolute Gasteiger partial charge is 0.490 e. The van der Waals surface area contributed by atoms with Crippen LogP contribution in [0.5, 0.6) is 5.75 Å². The highest BCUT2D eigenvalue weighted by molar-refractivity contribution is 6.30. The molecular weight excluding hydrogens is 320 g/mol. The summed E-state index contributed by atoms with van der Waals surface area (Å²) in [4.78, 5) is 10.5. The van der Waals surface area contributed by atoms with Crippen molar-refractivity contribution in [3.8, 4) is 5.75 Å². The van der Waals surface area contributed by atoms with E-state index in [1.807, 2.05) is 0 Å². The Bertz CT molecular complexity index is 676. The second-order valence-corrected chi connectivity index (χ2v) is 5.40. The Kier molecular flexibility index (Phi) is 5.92. The van der Waals surface area contributed by atoms with Crippen LogP contribution in [-0.4, -0.2) is 23.7 Å². The molecule has 2 rings (SSSR count). The number of nitro groups is 1. The molecule has 0 heterocycles. The van der Waals surface area contributed by atoms with Gasteiger partial charge in [-0.25, -0.2) is 0 Å². The molecule has 1 unspecified atom stereocenters. The van der Waals surface area contributed by atoms with Crippen molar-refractivity contribution < 1.29 is 14.8 Å². The van der Waals surface area contributed by atoms with Gasteiger partial charge in [-0.2, -0.15) is 0 Å². The molecule has 0 spiro atoms. The fraction of sp³-hybridized carbons (Fsp3) is 0.250. The molecule has 0 amide bonds. The SMILES string of the molecule is COc1ccc(CNCC(O)c2ccc(Cl)cc2)cc1[N+](=O)[O-]. The van der Waals surface area contributed by atoms with Crippen molar-refractivity contribution >= 4 is 17.3 Å². The number of ether oxygens (including phenoxy) is 1. The molecule has 7 heteroatoms. The Morgan fingerprint density at radius 3 is 2.61 bits per heavy atom. The molecule has 0 saturated carbocycles. The molecule has 0 aliphatic rings. The van der Waals surface area contributed by atoms with Gasteiger partial charge in [-0.05, 0) is 29.3 Å². The lowest BCUT2D eigenvalue weighted by Crippen LogP contribution is -2.21. The zero-order valence-electron chi connectivity index (χ0n) is 12.5. The summed E-state index contributed by atoms with van der Waals surface area (Å²) in [6, 6.07) is 11.7. The summed E-state index contributed by atoms with van der Waals surface area (Å²) in [6.07, 6.45) is -0.680. The van der Waals surface area contributed by atoms with Gasteiger partial charge in [0.15, 0.2) is 5.75 Å². The first-order chi connectivity index (χ1) is 11.0. The molecule has 23 heavy (non-hydrogen) atoms. The summed E-state index contributed by atoms with van der Waals surface area (Å²) in [7, 11) is 1.39. The standard InChI is InChI=1S/C16H17ClN2O4/c1-23-16-7-2-11(8-14(16)19(21)22)9-18-10-15(20)12-3-5-13(17)6-4-12/h2-8,15,18,20H,9-10H2,1H3. The minimum Gasteiger partial charge on any atom is -0.490 e. The van der Waals surface area contributed by atoms with E-state index in [1.165, 1.54) is 13.2 Å². The van der Waals surface area contributed by atoms with Crippen LogP contribution in [0.4, 0.5) is 5.69 Å². The van der Waals surface area contributed by atoms with Crippen LogP contribution in [0.25, 0.3) is 0 Å². The fourth-order valence-corrected chi connectivity index (χ4v) is 2.27. The topological polar surface area (TPSA) is 84.6 Å². The highest BCUT2D eigenvalue weighted by Gasteiger charge is 2.15. The van der Waals surface area contributed by atoms with Crippen molar-refractivity contribution in [2.75, 3.05) is 13.7 Å². The van der Waals surface area contributed by atoms with Crippen LogP contribution in [0.3, 0.4) is 0 Å². The van der Waals surface area contributed by atoms with E-state index in [1.54, 1.807) is 36.4 Å². The molecule has 1 atom stereocenters. The Balaban J connectivity index is 1.94. The Morgan fingerprint density at radius 1 is 1.30 bits per heavy atom. The maximum absolute atomic E-state index is 11.0. The monoisotopic (exact) mass is 336 g/mol. The molecule has 2 aromatic carbocycles. The van der Waals surface area contributed by atoms with E-state index in [4.69, 9.17) is 16.3 Å². The smallest absolute Gasteiger partial charge is 0.311 e. The summed E-state index contributed by atoms with van der Waals surface area (Å²) in [6.45, 7) is 0.719. The summed E-state index contributed by atoms with van der Waals surface area (Å²) in [5, 5.41) is 24.7. The third-order valence-corrected chi connectivity index (χ3v) is 3.61.